The van der Waals surface area contributed by atoms with Crippen molar-refractivity contribution < 1.29 is 4.79 Å². The van der Waals surface area contributed by atoms with Gasteiger partial charge in [-0.3, -0.25) is 15.2 Å². The van der Waals surface area contributed by atoms with Gasteiger partial charge in [0.05, 0.1) is 5.75 Å². The van der Waals surface area contributed by atoms with Crippen molar-refractivity contribution in [3.05, 3.63) is 24.3 Å². The van der Waals surface area contributed by atoms with E-state index in [1.807, 2.05) is 6.92 Å². The molecule has 2 heterocycles. The first-order chi connectivity index (χ1) is 8.78. The minimum Gasteiger partial charge on any atom is -0.294 e. The van der Waals surface area contributed by atoms with Gasteiger partial charge >= 0.3 is 0 Å². The van der Waals surface area contributed by atoms with Crippen molar-refractivity contribution in [2.75, 3.05) is 11.1 Å². The van der Waals surface area contributed by atoms with Gasteiger partial charge in [0.2, 0.25) is 17.0 Å². The number of thioether (sulfide) groups is 1. The monoisotopic (exact) mass is 264 g/mol. The summed E-state index contributed by atoms with van der Waals surface area (Å²) in [6, 6.07) is 1.68. The lowest BCUT2D eigenvalue weighted by Crippen LogP contribution is -2.15. The molecule has 2 aromatic heterocycles. The highest BCUT2D eigenvalue weighted by Gasteiger charge is 2.08. The van der Waals surface area contributed by atoms with Crippen LogP contribution in [0.15, 0.2) is 23.6 Å². The summed E-state index contributed by atoms with van der Waals surface area (Å²) in [5, 5.41) is 9.92. The number of aromatic nitrogens is 5. The first-order valence-electron chi connectivity index (χ1n) is 5.39. The van der Waals surface area contributed by atoms with Crippen LogP contribution in [0.3, 0.4) is 0 Å². The Morgan fingerprint density at radius 1 is 1.44 bits per heavy atom. The van der Waals surface area contributed by atoms with E-state index in [-0.39, 0.29) is 11.7 Å². The predicted molar refractivity (Wildman–Crippen MR) is 67.1 cm³/mol. The molecule has 0 saturated carbocycles. The van der Waals surface area contributed by atoms with E-state index in [9.17, 15) is 4.79 Å². The first kappa shape index (κ1) is 12.5. The summed E-state index contributed by atoms with van der Waals surface area (Å²) in [4.78, 5) is 23.6. The minimum atomic E-state index is -0.186. The number of aromatic amines is 1. The number of aryl methyl sites for hydroxylation is 1. The topological polar surface area (TPSA) is 96.5 Å². The summed E-state index contributed by atoms with van der Waals surface area (Å²) in [7, 11) is 0. The second-order valence-corrected chi connectivity index (χ2v) is 4.27. The van der Waals surface area contributed by atoms with Gasteiger partial charge < -0.3 is 0 Å². The van der Waals surface area contributed by atoms with E-state index in [0.29, 0.717) is 11.1 Å². The Hall–Kier alpha value is -1.96. The second-order valence-electron chi connectivity index (χ2n) is 3.33. The maximum atomic E-state index is 11.6. The quantitative estimate of drug-likeness (QED) is 0.778. The predicted octanol–water partition coefficient (Wildman–Crippen LogP) is 0.888. The standard InChI is InChI=1S/C10H12N6OS/c1-2-7-13-10(16-15-7)18-6-8(17)14-9-11-4-3-5-12-9/h3-5H,2,6H2,1H3,(H,13,15,16)(H,11,12,14,17). The molecule has 0 aliphatic heterocycles. The van der Waals surface area contributed by atoms with E-state index in [2.05, 4.69) is 30.5 Å². The van der Waals surface area contributed by atoms with Crippen molar-refractivity contribution in [2.45, 2.75) is 18.5 Å². The molecule has 0 saturated heterocycles. The molecule has 0 spiro atoms. The fourth-order valence-corrected chi connectivity index (χ4v) is 1.77. The summed E-state index contributed by atoms with van der Waals surface area (Å²) in [5.41, 5.74) is 0. The van der Waals surface area contributed by atoms with E-state index in [1.165, 1.54) is 11.8 Å². The number of nitrogens with one attached hydrogen (secondary N) is 2. The van der Waals surface area contributed by atoms with Crippen molar-refractivity contribution >= 4 is 23.6 Å². The van der Waals surface area contributed by atoms with Crippen molar-refractivity contribution in [3.8, 4) is 0 Å². The zero-order valence-electron chi connectivity index (χ0n) is 9.75. The number of hydrogen-bond acceptors (Lipinski definition) is 6. The lowest BCUT2D eigenvalue weighted by atomic mass is 10.5. The first-order valence-corrected chi connectivity index (χ1v) is 6.37. The molecule has 0 atom stereocenters. The Morgan fingerprint density at radius 3 is 2.89 bits per heavy atom. The number of nitrogens with zero attached hydrogens (tertiary/aromatic N) is 4. The molecule has 0 aliphatic carbocycles. The van der Waals surface area contributed by atoms with Gasteiger partial charge in [-0.15, -0.1) is 5.10 Å². The van der Waals surface area contributed by atoms with Crippen molar-refractivity contribution in [1.29, 1.82) is 0 Å². The van der Waals surface area contributed by atoms with Crippen molar-refractivity contribution in [3.63, 3.8) is 0 Å². The number of rotatable bonds is 5. The third kappa shape index (κ3) is 3.52. The van der Waals surface area contributed by atoms with Crippen LogP contribution in [0.1, 0.15) is 12.7 Å². The van der Waals surface area contributed by atoms with Gasteiger partial charge in [0, 0.05) is 18.8 Å². The Kier molecular flexibility index (Phi) is 4.24. The Morgan fingerprint density at radius 2 is 2.22 bits per heavy atom. The third-order valence-electron chi connectivity index (χ3n) is 2.00. The molecule has 0 aliphatic rings. The molecule has 0 unspecified atom stereocenters. The van der Waals surface area contributed by atoms with Gasteiger partial charge in [-0.2, -0.15) is 0 Å². The summed E-state index contributed by atoms with van der Waals surface area (Å²) < 4.78 is 0. The highest BCUT2D eigenvalue weighted by atomic mass is 32.2. The van der Waals surface area contributed by atoms with Crippen molar-refractivity contribution in [2.24, 2.45) is 0 Å². The smallest absolute Gasteiger partial charge is 0.237 e. The molecule has 0 fully saturated rings. The Labute approximate surface area is 108 Å². The molecule has 18 heavy (non-hydrogen) atoms. The lowest BCUT2D eigenvalue weighted by molar-refractivity contribution is -0.113. The Bertz CT molecular complexity index is 514. The van der Waals surface area contributed by atoms with Gasteiger partial charge in [0.1, 0.15) is 5.82 Å². The van der Waals surface area contributed by atoms with E-state index in [1.54, 1.807) is 18.5 Å². The van der Waals surface area contributed by atoms with Crippen LogP contribution in [0.2, 0.25) is 0 Å². The fourth-order valence-electron chi connectivity index (χ4n) is 1.15. The van der Waals surface area contributed by atoms with Gasteiger partial charge in [0.25, 0.3) is 0 Å². The molecule has 0 aromatic carbocycles. The molecule has 0 bridgehead atoms. The van der Waals surface area contributed by atoms with E-state index >= 15 is 0 Å². The molecule has 1 amide bonds. The molecule has 8 heteroatoms. The second kappa shape index (κ2) is 6.10. The molecule has 0 radical (unpaired) electrons. The maximum Gasteiger partial charge on any atom is 0.237 e. The number of hydrogen-bond donors (Lipinski definition) is 2. The van der Waals surface area contributed by atoms with E-state index in [4.69, 9.17) is 0 Å². The largest absolute Gasteiger partial charge is 0.294 e. The van der Waals surface area contributed by atoms with Crippen LogP contribution in [0, 0.1) is 0 Å². The Balaban J connectivity index is 1.81. The summed E-state index contributed by atoms with van der Waals surface area (Å²) in [5.74, 6) is 1.14. The molecule has 7 nitrogen and oxygen atoms in total. The van der Waals surface area contributed by atoms with Crippen LogP contribution in [-0.4, -0.2) is 36.8 Å². The van der Waals surface area contributed by atoms with Crippen LogP contribution in [0.4, 0.5) is 5.95 Å². The van der Waals surface area contributed by atoms with Gasteiger partial charge in [-0.1, -0.05) is 18.7 Å². The highest BCUT2D eigenvalue weighted by Crippen LogP contribution is 2.12. The lowest BCUT2D eigenvalue weighted by Gasteiger charge is -2.00. The van der Waals surface area contributed by atoms with Gasteiger partial charge in [-0.25, -0.2) is 15.0 Å². The zero-order valence-corrected chi connectivity index (χ0v) is 10.6. The van der Waals surface area contributed by atoms with Gasteiger partial charge in [0.15, 0.2) is 0 Å². The molecule has 2 aromatic rings. The number of carbonyl (C=O) groups is 1. The van der Waals surface area contributed by atoms with Crippen LogP contribution < -0.4 is 5.32 Å². The third-order valence-corrected chi connectivity index (χ3v) is 2.84. The van der Waals surface area contributed by atoms with Crippen molar-refractivity contribution in [1.82, 2.24) is 25.1 Å². The average molecular weight is 264 g/mol. The van der Waals surface area contributed by atoms with Gasteiger partial charge in [-0.05, 0) is 6.07 Å². The van der Waals surface area contributed by atoms with E-state index in [0.717, 1.165) is 12.2 Å². The number of H-pyrrole nitrogens is 1. The van der Waals surface area contributed by atoms with E-state index < -0.39 is 0 Å². The minimum absolute atomic E-state index is 0.186. The highest BCUT2D eigenvalue weighted by molar-refractivity contribution is 7.99. The molecule has 2 rings (SSSR count). The van der Waals surface area contributed by atoms with Crippen LogP contribution in [-0.2, 0) is 11.2 Å². The maximum absolute atomic E-state index is 11.6. The normalized spacial score (nSPS) is 10.3. The number of carbonyl (C=O) groups excluding carboxylic acids is 1. The van der Waals surface area contributed by atoms with Crippen LogP contribution >= 0.6 is 11.8 Å². The number of anilines is 1. The molecular weight excluding hydrogens is 252 g/mol. The SMILES string of the molecule is CCc1nc(SCC(=O)Nc2ncccn2)n[nH]1. The molecular formula is C10H12N6OS. The summed E-state index contributed by atoms with van der Waals surface area (Å²) in [6.07, 6.45) is 3.93. The fraction of sp³-hybridized carbons (Fsp3) is 0.300. The molecule has 2 N–H and O–H groups in total. The molecule has 94 valence electrons. The summed E-state index contributed by atoms with van der Waals surface area (Å²) >= 11 is 1.26. The average Bonchev–Trinajstić information content (AvgIpc) is 2.85. The van der Waals surface area contributed by atoms with Crippen LogP contribution in [0.25, 0.3) is 0 Å². The summed E-state index contributed by atoms with van der Waals surface area (Å²) in [6.45, 7) is 1.98. The number of amides is 1. The zero-order chi connectivity index (χ0) is 12.8. The van der Waals surface area contributed by atoms with Crippen LogP contribution in [0.5, 0.6) is 0 Å².